The molecular formula is C4H16O4Ti2. The van der Waals surface area contributed by atoms with Crippen molar-refractivity contribution in [3.05, 3.63) is 0 Å². The van der Waals surface area contributed by atoms with E-state index < -0.39 is 0 Å². The number of hydrogen-bond donors (Lipinski definition) is 4. The van der Waals surface area contributed by atoms with Gasteiger partial charge in [0, 0.05) is 71.9 Å². The van der Waals surface area contributed by atoms with Crippen molar-refractivity contribution in [3.63, 3.8) is 0 Å². The molecule has 64 valence electrons. The number of rotatable bonds is 0. The van der Waals surface area contributed by atoms with Gasteiger partial charge < -0.3 is 20.4 Å². The molecule has 0 aliphatic heterocycles. The number of hydrogen-bond acceptors (Lipinski definition) is 4. The quantitative estimate of drug-likeness (QED) is 0.374. The van der Waals surface area contributed by atoms with Crippen LogP contribution < -0.4 is 0 Å². The van der Waals surface area contributed by atoms with Gasteiger partial charge in [-0.05, 0) is 0 Å². The van der Waals surface area contributed by atoms with E-state index in [4.69, 9.17) is 20.4 Å². The first-order valence-electron chi connectivity index (χ1n) is 1.79. The number of aliphatic hydroxyl groups is 4. The summed E-state index contributed by atoms with van der Waals surface area (Å²) in [6, 6.07) is 0. The third kappa shape index (κ3) is 394. The summed E-state index contributed by atoms with van der Waals surface area (Å²) in [5.74, 6) is 0. The molecule has 4 N–H and O–H groups in total. The molecule has 0 heterocycles. The predicted octanol–water partition coefficient (Wildman–Crippen LogP) is -1.57. The van der Waals surface area contributed by atoms with Crippen molar-refractivity contribution in [2.45, 2.75) is 0 Å². The average molecular weight is 224 g/mol. The fourth-order valence-electron chi connectivity index (χ4n) is 0. The largest absolute Gasteiger partial charge is 0.400 e. The predicted molar refractivity (Wildman–Crippen MR) is 32.6 cm³/mol. The molecule has 0 aliphatic rings. The van der Waals surface area contributed by atoms with Crippen molar-refractivity contribution in [3.8, 4) is 0 Å². The SMILES string of the molecule is CO.CO.CO.CO.[Ti].[Ti]. The molecular weight excluding hydrogens is 208 g/mol. The van der Waals surface area contributed by atoms with Gasteiger partial charge in [0.25, 0.3) is 0 Å². The molecule has 0 aromatic carbocycles. The van der Waals surface area contributed by atoms with E-state index >= 15 is 0 Å². The molecule has 0 aliphatic carbocycles. The minimum atomic E-state index is 0. The van der Waals surface area contributed by atoms with Gasteiger partial charge >= 0.3 is 0 Å². The minimum absolute atomic E-state index is 0. The van der Waals surface area contributed by atoms with Gasteiger partial charge in [-0.3, -0.25) is 0 Å². The summed E-state index contributed by atoms with van der Waals surface area (Å²) in [6.07, 6.45) is 0. The first kappa shape index (κ1) is 42.8. The molecule has 0 rings (SSSR count). The van der Waals surface area contributed by atoms with E-state index in [1.54, 1.807) is 0 Å². The molecule has 0 bridgehead atoms. The van der Waals surface area contributed by atoms with Crippen LogP contribution in [0.5, 0.6) is 0 Å². The summed E-state index contributed by atoms with van der Waals surface area (Å²) in [5, 5.41) is 28.0. The van der Waals surface area contributed by atoms with Crippen LogP contribution in [-0.2, 0) is 43.4 Å². The van der Waals surface area contributed by atoms with E-state index in [0.29, 0.717) is 0 Å². The maximum Gasteiger partial charge on any atom is 0.0319 e. The van der Waals surface area contributed by atoms with E-state index in [9.17, 15) is 0 Å². The summed E-state index contributed by atoms with van der Waals surface area (Å²) >= 11 is 0. The maximum absolute atomic E-state index is 7.00. The van der Waals surface area contributed by atoms with Crippen molar-refractivity contribution in [1.29, 1.82) is 0 Å². The van der Waals surface area contributed by atoms with Crippen molar-refractivity contribution in [2.24, 2.45) is 0 Å². The number of aliphatic hydroxyl groups excluding tert-OH is 4. The van der Waals surface area contributed by atoms with E-state index in [2.05, 4.69) is 0 Å². The van der Waals surface area contributed by atoms with Crippen LogP contribution >= 0.6 is 0 Å². The fourth-order valence-corrected chi connectivity index (χ4v) is 0. The molecule has 0 aromatic rings. The second-order valence-electron chi connectivity index (χ2n) is 0. The molecule has 4 nitrogen and oxygen atoms in total. The van der Waals surface area contributed by atoms with Crippen LogP contribution in [0.4, 0.5) is 0 Å². The monoisotopic (exact) mass is 224 g/mol. The van der Waals surface area contributed by atoms with Crippen LogP contribution in [0.2, 0.25) is 0 Å². The first-order chi connectivity index (χ1) is 4.00. The summed E-state index contributed by atoms with van der Waals surface area (Å²) < 4.78 is 0. The van der Waals surface area contributed by atoms with Gasteiger partial charge in [-0.15, -0.1) is 0 Å². The molecule has 0 amide bonds. The van der Waals surface area contributed by atoms with Gasteiger partial charge in [-0.25, -0.2) is 0 Å². The zero-order valence-electron chi connectivity index (χ0n) is 6.79. The Hall–Kier alpha value is 1.27. The molecule has 0 atom stereocenters. The third-order valence-electron chi connectivity index (χ3n) is 0. The molecule has 6 heteroatoms. The molecule has 0 aromatic heterocycles. The van der Waals surface area contributed by atoms with Crippen LogP contribution in [0.1, 0.15) is 0 Å². The summed E-state index contributed by atoms with van der Waals surface area (Å²) in [4.78, 5) is 0. The summed E-state index contributed by atoms with van der Waals surface area (Å²) in [7, 11) is 4.00. The Bertz CT molecular complexity index is 15.2. The molecule has 0 fully saturated rings. The van der Waals surface area contributed by atoms with Crippen LogP contribution in [0.15, 0.2) is 0 Å². The molecule has 10 heavy (non-hydrogen) atoms. The minimum Gasteiger partial charge on any atom is -0.400 e. The van der Waals surface area contributed by atoms with Crippen LogP contribution in [-0.4, -0.2) is 48.9 Å². The topological polar surface area (TPSA) is 80.9 Å². The van der Waals surface area contributed by atoms with Crippen LogP contribution in [0.25, 0.3) is 0 Å². The van der Waals surface area contributed by atoms with Gasteiger partial charge in [0.2, 0.25) is 0 Å². The van der Waals surface area contributed by atoms with Gasteiger partial charge in [0.05, 0.1) is 0 Å². The zero-order chi connectivity index (χ0) is 8.00. The van der Waals surface area contributed by atoms with Crippen molar-refractivity contribution in [2.75, 3.05) is 28.4 Å². The normalized spacial score (nSPS) is 2.40. The fraction of sp³-hybridized carbons (Fsp3) is 1.00. The molecule has 0 saturated carbocycles. The third-order valence-corrected chi connectivity index (χ3v) is 0. The van der Waals surface area contributed by atoms with Gasteiger partial charge in [-0.1, -0.05) is 0 Å². The molecule has 0 radical (unpaired) electrons. The zero-order valence-corrected chi connectivity index (χ0v) is 9.91. The van der Waals surface area contributed by atoms with E-state index in [0.717, 1.165) is 28.4 Å². The second kappa shape index (κ2) is 548. The average Bonchev–Trinajstić information content (AvgIpc) is 2.03. The van der Waals surface area contributed by atoms with Crippen LogP contribution in [0, 0.1) is 0 Å². The van der Waals surface area contributed by atoms with Crippen molar-refractivity contribution in [1.82, 2.24) is 0 Å². The Morgan fingerprint density at radius 2 is 0.400 bits per heavy atom. The maximum atomic E-state index is 7.00. The van der Waals surface area contributed by atoms with Gasteiger partial charge in [0.1, 0.15) is 0 Å². The van der Waals surface area contributed by atoms with Gasteiger partial charge in [0.15, 0.2) is 0 Å². The second-order valence-corrected chi connectivity index (χ2v) is 0. The van der Waals surface area contributed by atoms with Crippen molar-refractivity contribution >= 4 is 0 Å². The Balaban J connectivity index is -0.00000000500. The Kier molecular flexibility index (Phi) is 2350. The molecule has 0 saturated heterocycles. The Morgan fingerprint density at radius 3 is 0.400 bits per heavy atom. The van der Waals surface area contributed by atoms with Gasteiger partial charge in [-0.2, -0.15) is 0 Å². The Morgan fingerprint density at radius 1 is 0.400 bits per heavy atom. The van der Waals surface area contributed by atoms with E-state index in [-0.39, 0.29) is 43.4 Å². The standard InChI is InChI=1S/4CH4O.2Ti/c4*1-2;;/h4*2H,1H3;;. The first-order valence-corrected chi connectivity index (χ1v) is 1.79. The summed E-state index contributed by atoms with van der Waals surface area (Å²) in [5.41, 5.74) is 0. The van der Waals surface area contributed by atoms with Crippen LogP contribution in [0.3, 0.4) is 0 Å². The molecule has 0 spiro atoms. The van der Waals surface area contributed by atoms with E-state index in [1.807, 2.05) is 0 Å². The van der Waals surface area contributed by atoms with Crippen molar-refractivity contribution < 1.29 is 63.9 Å². The smallest absolute Gasteiger partial charge is 0.0319 e. The molecule has 0 unspecified atom stereocenters. The summed E-state index contributed by atoms with van der Waals surface area (Å²) in [6.45, 7) is 0. The van der Waals surface area contributed by atoms with E-state index in [1.165, 1.54) is 0 Å². The Labute approximate surface area is 92.0 Å².